The van der Waals surface area contributed by atoms with Gasteiger partial charge in [0.25, 0.3) is 0 Å². The third-order valence-electron chi connectivity index (χ3n) is 4.11. The lowest BCUT2D eigenvalue weighted by molar-refractivity contribution is 0.0697. The number of benzene rings is 1. The fourth-order valence-electron chi connectivity index (χ4n) is 2.49. The molecule has 1 aliphatic rings. The number of carboxylic acid groups (broad SMARTS) is 1. The molecule has 0 radical (unpaired) electrons. The second-order valence-electron chi connectivity index (χ2n) is 5.96. The molecule has 0 aromatic heterocycles. The zero-order valence-electron chi connectivity index (χ0n) is 11.9. The Hall–Kier alpha value is -1.07. The van der Waals surface area contributed by atoms with Crippen molar-refractivity contribution in [3.8, 4) is 0 Å². The lowest BCUT2D eigenvalue weighted by Crippen LogP contribution is -2.40. The summed E-state index contributed by atoms with van der Waals surface area (Å²) >= 11 is 3.31. The number of rotatable bonds is 4. The summed E-state index contributed by atoms with van der Waals surface area (Å²) in [6.07, 6.45) is 2.27. The lowest BCUT2D eigenvalue weighted by Gasteiger charge is -2.38. The maximum atomic E-state index is 11.3. The molecule has 1 fully saturated rings. The summed E-state index contributed by atoms with van der Waals surface area (Å²) in [5.74, 6) is -0.901. The zero-order valence-corrected chi connectivity index (χ0v) is 13.5. The van der Waals surface area contributed by atoms with Crippen molar-refractivity contribution in [1.82, 2.24) is 4.90 Å². The lowest BCUT2D eigenvalue weighted by atomic mass is 9.80. The van der Waals surface area contributed by atoms with E-state index in [4.69, 9.17) is 0 Å². The van der Waals surface area contributed by atoms with E-state index in [1.807, 2.05) is 12.1 Å². The van der Waals surface area contributed by atoms with Crippen LogP contribution in [0.2, 0.25) is 0 Å². The van der Waals surface area contributed by atoms with Crippen LogP contribution in [0.25, 0.3) is 0 Å². The standard InChI is InChI=1S/C15H21BrN2O2/c1-15(5-7-18(2)8-6-15)10-17-13-4-3-11(16)9-12(13)14(19)20/h3-4,9,17H,5-8,10H2,1-2H3,(H,19,20). The number of anilines is 1. The fourth-order valence-corrected chi connectivity index (χ4v) is 2.85. The fraction of sp³-hybridized carbons (Fsp3) is 0.533. The monoisotopic (exact) mass is 340 g/mol. The molecular formula is C15H21BrN2O2. The predicted octanol–water partition coefficient (Wildman–Crippen LogP) is 3.29. The van der Waals surface area contributed by atoms with Gasteiger partial charge in [-0.05, 0) is 56.6 Å². The normalized spacial score (nSPS) is 18.8. The Morgan fingerprint density at radius 2 is 2.10 bits per heavy atom. The molecule has 110 valence electrons. The summed E-state index contributed by atoms with van der Waals surface area (Å²) in [6.45, 7) is 5.28. The minimum absolute atomic E-state index is 0.232. The molecule has 0 aliphatic carbocycles. The van der Waals surface area contributed by atoms with Gasteiger partial charge in [0.05, 0.1) is 5.56 Å². The maximum absolute atomic E-state index is 11.3. The molecule has 1 saturated heterocycles. The largest absolute Gasteiger partial charge is 0.478 e. The van der Waals surface area contributed by atoms with E-state index in [1.165, 1.54) is 0 Å². The van der Waals surface area contributed by atoms with Crippen LogP contribution in [0.3, 0.4) is 0 Å². The highest BCUT2D eigenvalue weighted by molar-refractivity contribution is 9.10. The minimum atomic E-state index is -0.901. The van der Waals surface area contributed by atoms with Crippen molar-refractivity contribution in [3.63, 3.8) is 0 Å². The van der Waals surface area contributed by atoms with Gasteiger partial charge in [0, 0.05) is 16.7 Å². The van der Waals surface area contributed by atoms with E-state index >= 15 is 0 Å². The molecule has 0 unspecified atom stereocenters. The van der Waals surface area contributed by atoms with Crippen molar-refractivity contribution in [2.75, 3.05) is 32.0 Å². The Kier molecular flexibility index (Phi) is 4.70. The molecule has 5 heteroatoms. The first-order valence-corrected chi connectivity index (χ1v) is 7.64. The van der Waals surface area contributed by atoms with E-state index in [-0.39, 0.29) is 5.41 Å². The molecular weight excluding hydrogens is 320 g/mol. The highest BCUT2D eigenvalue weighted by atomic mass is 79.9. The van der Waals surface area contributed by atoms with Gasteiger partial charge in [-0.2, -0.15) is 0 Å². The number of nitrogens with one attached hydrogen (secondary N) is 1. The molecule has 0 bridgehead atoms. The van der Waals surface area contributed by atoms with Crippen molar-refractivity contribution >= 4 is 27.6 Å². The zero-order chi connectivity index (χ0) is 14.8. The van der Waals surface area contributed by atoms with Crippen LogP contribution in [0.5, 0.6) is 0 Å². The minimum Gasteiger partial charge on any atom is -0.478 e. The summed E-state index contributed by atoms with van der Waals surface area (Å²) in [4.78, 5) is 13.6. The van der Waals surface area contributed by atoms with Gasteiger partial charge in [0.2, 0.25) is 0 Å². The summed E-state index contributed by atoms with van der Waals surface area (Å²) in [7, 11) is 2.14. The third kappa shape index (κ3) is 3.73. The van der Waals surface area contributed by atoms with E-state index in [2.05, 4.69) is 40.1 Å². The highest BCUT2D eigenvalue weighted by Crippen LogP contribution is 2.31. The third-order valence-corrected chi connectivity index (χ3v) is 4.61. The van der Waals surface area contributed by atoms with E-state index < -0.39 is 5.97 Å². The number of carboxylic acids is 1. The van der Waals surface area contributed by atoms with Gasteiger partial charge >= 0.3 is 5.97 Å². The summed E-state index contributed by atoms with van der Waals surface area (Å²) < 4.78 is 0.783. The van der Waals surface area contributed by atoms with Crippen molar-refractivity contribution in [1.29, 1.82) is 0 Å². The van der Waals surface area contributed by atoms with Gasteiger partial charge < -0.3 is 15.3 Å². The van der Waals surface area contributed by atoms with E-state index in [1.54, 1.807) is 6.07 Å². The van der Waals surface area contributed by atoms with Crippen molar-refractivity contribution < 1.29 is 9.90 Å². The molecule has 2 rings (SSSR count). The first-order chi connectivity index (χ1) is 9.39. The molecule has 0 atom stereocenters. The maximum Gasteiger partial charge on any atom is 0.337 e. The van der Waals surface area contributed by atoms with Crippen LogP contribution in [0, 0.1) is 5.41 Å². The molecule has 0 spiro atoms. The van der Waals surface area contributed by atoms with Crippen LogP contribution >= 0.6 is 15.9 Å². The quantitative estimate of drug-likeness (QED) is 0.882. The molecule has 4 nitrogen and oxygen atoms in total. The Morgan fingerprint density at radius 3 is 2.70 bits per heavy atom. The van der Waals surface area contributed by atoms with Crippen LogP contribution < -0.4 is 5.32 Å². The molecule has 1 aliphatic heterocycles. The molecule has 0 amide bonds. The average Bonchev–Trinajstić information content (AvgIpc) is 2.41. The second kappa shape index (κ2) is 6.14. The van der Waals surface area contributed by atoms with Crippen LogP contribution in [0.15, 0.2) is 22.7 Å². The number of piperidine rings is 1. The summed E-state index contributed by atoms with van der Waals surface area (Å²) in [5.41, 5.74) is 1.24. The number of hydrogen-bond donors (Lipinski definition) is 2. The number of nitrogens with zero attached hydrogens (tertiary/aromatic N) is 1. The Labute approximate surface area is 128 Å². The van der Waals surface area contributed by atoms with E-state index in [0.29, 0.717) is 11.3 Å². The molecule has 1 aromatic carbocycles. The Morgan fingerprint density at radius 1 is 1.45 bits per heavy atom. The smallest absolute Gasteiger partial charge is 0.337 e. The van der Waals surface area contributed by atoms with Gasteiger partial charge in [-0.15, -0.1) is 0 Å². The molecule has 1 heterocycles. The number of carbonyl (C=O) groups is 1. The van der Waals surface area contributed by atoms with Gasteiger partial charge in [-0.3, -0.25) is 0 Å². The summed E-state index contributed by atoms with van der Waals surface area (Å²) in [6, 6.07) is 5.33. The van der Waals surface area contributed by atoms with Crippen molar-refractivity contribution in [3.05, 3.63) is 28.2 Å². The van der Waals surface area contributed by atoms with Gasteiger partial charge in [0.15, 0.2) is 0 Å². The highest BCUT2D eigenvalue weighted by Gasteiger charge is 2.28. The Balaban J connectivity index is 2.05. The van der Waals surface area contributed by atoms with Gasteiger partial charge in [0.1, 0.15) is 0 Å². The second-order valence-corrected chi connectivity index (χ2v) is 6.88. The van der Waals surface area contributed by atoms with Crippen molar-refractivity contribution in [2.45, 2.75) is 19.8 Å². The average molecular weight is 341 g/mol. The van der Waals surface area contributed by atoms with Crippen LogP contribution in [0.4, 0.5) is 5.69 Å². The first-order valence-electron chi connectivity index (χ1n) is 6.85. The van der Waals surface area contributed by atoms with Crippen LogP contribution in [0.1, 0.15) is 30.1 Å². The molecule has 1 aromatic rings. The van der Waals surface area contributed by atoms with Crippen LogP contribution in [-0.2, 0) is 0 Å². The van der Waals surface area contributed by atoms with E-state index in [9.17, 15) is 9.90 Å². The Bertz CT molecular complexity index is 497. The molecule has 20 heavy (non-hydrogen) atoms. The van der Waals surface area contributed by atoms with Crippen LogP contribution in [-0.4, -0.2) is 42.7 Å². The summed E-state index contributed by atoms with van der Waals surface area (Å²) in [5, 5.41) is 12.6. The SMILES string of the molecule is CN1CCC(C)(CNc2ccc(Br)cc2C(=O)O)CC1. The number of halogens is 1. The number of likely N-dealkylation sites (tertiary alicyclic amines) is 1. The number of hydrogen-bond acceptors (Lipinski definition) is 3. The van der Waals surface area contributed by atoms with Gasteiger partial charge in [-0.1, -0.05) is 22.9 Å². The van der Waals surface area contributed by atoms with Gasteiger partial charge in [-0.25, -0.2) is 4.79 Å². The number of aromatic carboxylic acids is 1. The predicted molar refractivity (Wildman–Crippen MR) is 84.4 cm³/mol. The topological polar surface area (TPSA) is 52.6 Å². The first kappa shape index (κ1) is 15.3. The van der Waals surface area contributed by atoms with Crippen molar-refractivity contribution in [2.24, 2.45) is 5.41 Å². The van der Waals surface area contributed by atoms with E-state index in [0.717, 1.165) is 36.9 Å². The molecule has 2 N–H and O–H groups in total. The molecule has 0 saturated carbocycles.